The van der Waals surface area contributed by atoms with Crippen LogP contribution in [0.5, 0.6) is 0 Å². The third-order valence-corrected chi connectivity index (χ3v) is 6.82. The van der Waals surface area contributed by atoms with Crippen molar-refractivity contribution < 1.29 is 23.5 Å². The van der Waals surface area contributed by atoms with Gasteiger partial charge in [-0.05, 0) is 61.9 Å². The van der Waals surface area contributed by atoms with E-state index in [1.165, 1.54) is 17.0 Å². The summed E-state index contributed by atoms with van der Waals surface area (Å²) in [5, 5.41) is 10.8. The number of benzene rings is 2. The molecule has 8 nitrogen and oxygen atoms in total. The van der Waals surface area contributed by atoms with E-state index in [9.17, 15) is 18.8 Å². The van der Waals surface area contributed by atoms with E-state index >= 15 is 0 Å². The second-order valence-corrected chi connectivity index (χ2v) is 9.72. The lowest BCUT2D eigenvalue weighted by atomic mass is 10.1. The summed E-state index contributed by atoms with van der Waals surface area (Å²) in [5.74, 6) is -2.01. The smallest absolute Gasteiger partial charge is 0.293 e. The first kappa shape index (κ1) is 27.0. The van der Waals surface area contributed by atoms with Crippen molar-refractivity contribution in [1.82, 2.24) is 9.80 Å². The van der Waals surface area contributed by atoms with Crippen molar-refractivity contribution in [2.24, 2.45) is 0 Å². The Hall–Kier alpha value is -4.01. The molecule has 2 amide bonds. The lowest BCUT2D eigenvalue weighted by Gasteiger charge is -2.36. The fourth-order valence-corrected chi connectivity index (χ4v) is 4.88. The highest BCUT2D eigenvalue weighted by atomic mass is 19.1. The Morgan fingerprint density at radius 2 is 1.68 bits per heavy atom. The molecule has 2 aromatic carbocycles. The van der Waals surface area contributed by atoms with E-state index < -0.39 is 23.4 Å². The minimum Gasteiger partial charge on any atom is -0.483 e. The fourth-order valence-electron chi connectivity index (χ4n) is 4.88. The number of carbonyl (C=O) groups is 3. The van der Waals surface area contributed by atoms with E-state index in [1.807, 2.05) is 35.2 Å². The van der Waals surface area contributed by atoms with Gasteiger partial charge in [0.05, 0.1) is 6.10 Å². The summed E-state index contributed by atoms with van der Waals surface area (Å²) in [6, 6.07) is 13.4. The summed E-state index contributed by atoms with van der Waals surface area (Å²) >= 11 is 0. The molecule has 1 saturated heterocycles. The first-order chi connectivity index (χ1) is 18.3. The van der Waals surface area contributed by atoms with Crippen molar-refractivity contribution in [2.75, 3.05) is 31.5 Å². The number of rotatable bonds is 9. The highest BCUT2D eigenvalue weighted by Crippen LogP contribution is 2.26. The van der Waals surface area contributed by atoms with Gasteiger partial charge in [0.25, 0.3) is 11.8 Å². The molecular formula is C29H33FN4O4. The maximum Gasteiger partial charge on any atom is 0.293 e. The van der Waals surface area contributed by atoms with Gasteiger partial charge < -0.3 is 25.3 Å². The van der Waals surface area contributed by atoms with Crippen molar-refractivity contribution in [3.05, 3.63) is 76.9 Å². The number of piperazine rings is 1. The number of Topliss-reactive ketones (excluding diaryl/α,β-unsaturated/α-hetero) is 1. The molecule has 2 aliphatic rings. The molecule has 0 unspecified atom stereocenters. The number of nitrogens with one attached hydrogen (secondary N) is 2. The SMILES string of the molecule is Cc1cc(F)cc(NC(=O)/C(OC2CCCC2)=C(\C=N)N2CCN(C(=O)C(=O)Cc3ccccc3)CC2)c1. The van der Waals surface area contributed by atoms with E-state index in [1.54, 1.807) is 13.0 Å². The molecule has 0 bridgehead atoms. The predicted molar refractivity (Wildman–Crippen MR) is 142 cm³/mol. The second-order valence-electron chi connectivity index (χ2n) is 9.72. The minimum atomic E-state index is -0.558. The number of hydrogen-bond acceptors (Lipinski definition) is 6. The number of ether oxygens (including phenoxy) is 1. The maximum absolute atomic E-state index is 13.9. The van der Waals surface area contributed by atoms with Gasteiger partial charge in [-0.15, -0.1) is 0 Å². The fraction of sp³-hybridized carbons (Fsp3) is 0.379. The number of anilines is 1. The lowest BCUT2D eigenvalue weighted by Crippen LogP contribution is -2.51. The highest BCUT2D eigenvalue weighted by Gasteiger charge is 2.30. The van der Waals surface area contributed by atoms with Crippen molar-refractivity contribution in [3.8, 4) is 0 Å². The predicted octanol–water partition coefficient (Wildman–Crippen LogP) is 3.85. The zero-order valence-corrected chi connectivity index (χ0v) is 21.5. The molecule has 2 fully saturated rings. The zero-order chi connectivity index (χ0) is 27.1. The molecule has 9 heteroatoms. The normalized spacial score (nSPS) is 16.6. The molecule has 38 heavy (non-hydrogen) atoms. The number of halogens is 1. The molecule has 1 heterocycles. The van der Waals surface area contributed by atoms with Crippen LogP contribution in [0.15, 0.2) is 60.0 Å². The number of ketones is 1. The quantitative estimate of drug-likeness (QED) is 0.226. The summed E-state index contributed by atoms with van der Waals surface area (Å²) in [5.41, 5.74) is 2.05. The molecule has 2 N–H and O–H groups in total. The molecule has 1 saturated carbocycles. The summed E-state index contributed by atoms with van der Waals surface area (Å²) in [7, 11) is 0. The van der Waals surface area contributed by atoms with Crippen LogP contribution in [0.3, 0.4) is 0 Å². The van der Waals surface area contributed by atoms with Crippen LogP contribution in [0.1, 0.15) is 36.8 Å². The van der Waals surface area contributed by atoms with Crippen LogP contribution >= 0.6 is 0 Å². The molecule has 4 rings (SSSR count). The van der Waals surface area contributed by atoms with Gasteiger partial charge in [0.2, 0.25) is 11.5 Å². The van der Waals surface area contributed by atoms with Gasteiger partial charge >= 0.3 is 0 Å². The first-order valence-corrected chi connectivity index (χ1v) is 12.9. The van der Waals surface area contributed by atoms with Crippen LogP contribution in [-0.4, -0.2) is 65.9 Å². The van der Waals surface area contributed by atoms with E-state index in [2.05, 4.69) is 5.32 Å². The molecule has 1 aliphatic carbocycles. The van der Waals surface area contributed by atoms with Gasteiger partial charge in [-0.2, -0.15) is 0 Å². The third-order valence-electron chi connectivity index (χ3n) is 6.82. The van der Waals surface area contributed by atoms with Crippen LogP contribution in [0.25, 0.3) is 0 Å². The number of nitrogens with zero attached hydrogens (tertiary/aromatic N) is 2. The van der Waals surface area contributed by atoms with Crippen LogP contribution in [-0.2, 0) is 25.5 Å². The average molecular weight is 521 g/mol. The lowest BCUT2D eigenvalue weighted by molar-refractivity contribution is -0.145. The van der Waals surface area contributed by atoms with Crippen molar-refractivity contribution in [1.29, 1.82) is 5.41 Å². The Balaban J connectivity index is 1.48. The summed E-state index contributed by atoms with van der Waals surface area (Å²) in [6.45, 7) is 2.95. The van der Waals surface area contributed by atoms with Crippen molar-refractivity contribution >= 4 is 29.5 Å². The Morgan fingerprint density at radius 3 is 2.32 bits per heavy atom. The average Bonchev–Trinajstić information content (AvgIpc) is 3.42. The monoisotopic (exact) mass is 520 g/mol. The first-order valence-electron chi connectivity index (χ1n) is 12.9. The number of amides is 2. The van der Waals surface area contributed by atoms with Gasteiger partial charge in [0, 0.05) is 44.5 Å². The number of allylic oxidation sites excluding steroid dienone is 1. The van der Waals surface area contributed by atoms with Crippen LogP contribution in [0, 0.1) is 18.2 Å². The van der Waals surface area contributed by atoms with Gasteiger partial charge in [-0.1, -0.05) is 30.3 Å². The molecule has 2 aromatic rings. The Kier molecular flexibility index (Phi) is 8.89. The zero-order valence-electron chi connectivity index (χ0n) is 21.5. The Bertz CT molecular complexity index is 1200. The van der Waals surface area contributed by atoms with E-state index in [0.717, 1.165) is 37.5 Å². The largest absolute Gasteiger partial charge is 0.483 e. The number of carbonyl (C=O) groups excluding carboxylic acids is 3. The van der Waals surface area contributed by atoms with Gasteiger partial charge in [-0.3, -0.25) is 14.4 Å². The molecule has 1 aliphatic heterocycles. The third kappa shape index (κ3) is 6.85. The molecule has 0 atom stereocenters. The maximum atomic E-state index is 13.9. The molecule has 0 radical (unpaired) electrons. The second kappa shape index (κ2) is 12.5. The van der Waals surface area contributed by atoms with Gasteiger partial charge in [0.1, 0.15) is 11.5 Å². The summed E-state index contributed by atoms with van der Waals surface area (Å²) < 4.78 is 20.0. The van der Waals surface area contributed by atoms with Crippen LogP contribution < -0.4 is 5.32 Å². The van der Waals surface area contributed by atoms with Crippen molar-refractivity contribution in [3.63, 3.8) is 0 Å². The molecule has 0 aromatic heterocycles. The van der Waals surface area contributed by atoms with Gasteiger partial charge in [-0.25, -0.2) is 4.39 Å². The van der Waals surface area contributed by atoms with Crippen LogP contribution in [0.4, 0.5) is 10.1 Å². The summed E-state index contributed by atoms with van der Waals surface area (Å²) in [6.07, 6.45) is 4.61. The van der Waals surface area contributed by atoms with Crippen LogP contribution in [0.2, 0.25) is 0 Å². The molecule has 200 valence electrons. The number of hydrogen-bond donors (Lipinski definition) is 2. The number of aryl methyl sites for hydroxylation is 1. The topological polar surface area (TPSA) is 103 Å². The highest BCUT2D eigenvalue weighted by molar-refractivity contribution is 6.36. The molecular weight excluding hydrogens is 487 g/mol. The van der Waals surface area contributed by atoms with Crippen molar-refractivity contribution in [2.45, 2.75) is 45.1 Å². The van der Waals surface area contributed by atoms with E-state index in [-0.39, 0.29) is 31.4 Å². The van der Waals surface area contributed by atoms with E-state index in [0.29, 0.717) is 30.0 Å². The summed E-state index contributed by atoms with van der Waals surface area (Å²) in [4.78, 5) is 42.0. The standard InChI is InChI=1S/C29H33FN4O4/c1-20-15-22(30)18-23(16-20)32-28(36)27(38-24-9-5-6-10-24)25(19-31)33-11-13-34(14-12-33)29(37)26(35)17-21-7-3-2-4-8-21/h2-4,7-8,15-16,18-19,24,31H,5-6,9-14,17H2,1H3,(H,32,36)/b27-25-,31-19?. The Labute approximate surface area is 222 Å². The minimum absolute atomic E-state index is 0.00810. The molecule has 0 spiro atoms. The van der Waals surface area contributed by atoms with E-state index in [4.69, 9.17) is 10.1 Å². The Morgan fingerprint density at radius 1 is 1.03 bits per heavy atom. The van der Waals surface area contributed by atoms with Gasteiger partial charge in [0.15, 0.2) is 0 Å².